The van der Waals surface area contributed by atoms with Crippen molar-refractivity contribution in [2.45, 2.75) is 39.4 Å². The first-order valence-electron chi connectivity index (χ1n) is 12.0. The van der Waals surface area contributed by atoms with Gasteiger partial charge in [0.05, 0.1) is 11.7 Å². The molecule has 1 aromatic heterocycles. The van der Waals surface area contributed by atoms with E-state index < -0.39 is 0 Å². The molecule has 1 aliphatic heterocycles. The minimum absolute atomic E-state index is 0.180. The largest absolute Gasteiger partial charge is 0.339 e. The van der Waals surface area contributed by atoms with Gasteiger partial charge in [0.2, 0.25) is 5.91 Å². The lowest BCUT2D eigenvalue weighted by atomic mass is 10.0. The van der Waals surface area contributed by atoms with Gasteiger partial charge in [-0.25, -0.2) is 0 Å². The van der Waals surface area contributed by atoms with Crippen molar-refractivity contribution < 1.29 is 4.79 Å². The predicted octanol–water partition coefficient (Wildman–Crippen LogP) is 4.15. The number of hydrogen-bond acceptors (Lipinski definition) is 4. The molecular weight excluding hydrogens is 408 g/mol. The first-order valence-corrected chi connectivity index (χ1v) is 12.0. The highest BCUT2D eigenvalue weighted by Crippen LogP contribution is 2.12. The van der Waals surface area contributed by atoms with E-state index in [1.807, 2.05) is 61.2 Å². The summed E-state index contributed by atoms with van der Waals surface area (Å²) in [6, 6.07) is 26.4. The molecular formula is C28H36N4O. The third-order valence-corrected chi connectivity index (χ3v) is 5.77. The molecule has 0 aliphatic carbocycles. The van der Waals surface area contributed by atoms with Crippen molar-refractivity contribution in [3.63, 3.8) is 0 Å². The third kappa shape index (κ3) is 7.81. The number of benzene rings is 2. The summed E-state index contributed by atoms with van der Waals surface area (Å²) >= 11 is 0. The van der Waals surface area contributed by atoms with Crippen LogP contribution in [0.2, 0.25) is 0 Å². The lowest BCUT2D eigenvalue weighted by molar-refractivity contribution is -0.135. The Morgan fingerprint density at radius 2 is 1.45 bits per heavy atom. The number of piperazine rings is 1. The summed E-state index contributed by atoms with van der Waals surface area (Å²) in [4.78, 5) is 22.2. The minimum atomic E-state index is -0.259. The first kappa shape index (κ1) is 24.6. The number of aromatic nitrogens is 1. The van der Waals surface area contributed by atoms with Crippen LogP contribution in [0.1, 0.15) is 30.7 Å². The Morgan fingerprint density at radius 1 is 0.848 bits per heavy atom. The second-order valence-corrected chi connectivity index (χ2v) is 8.03. The van der Waals surface area contributed by atoms with Crippen LogP contribution in [0.25, 0.3) is 0 Å². The average molecular weight is 445 g/mol. The van der Waals surface area contributed by atoms with E-state index in [0.717, 1.165) is 44.0 Å². The minimum Gasteiger partial charge on any atom is -0.339 e. The first-order chi connectivity index (χ1) is 16.3. The molecule has 0 spiro atoms. The van der Waals surface area contributed by atoms with Gasteiger partial charge in [0.15, 0.2) is 0 Å². The molecule has 174 valence electrons. The van der Waals surface area contributed by atoms with Crippen LogP contribution in [-0.4, -0.2) is 52.9 Å². The summed E-state index contributed by atoms with van der Waals surface area (Å²) in [6.07, 6.45) is 2.47. The maximum absolute atomic E-state index is 13.4. The van der Waals surface area contributed by atoms with Crippen molar-refractivity contribution >= 4 is 5.91 Å². The van der Waals surface area contributed by atoms with E-state index in [1.54, 1.807) is 6.20 Å². The van der Waals surface area contributed by atoms with E-state index in [2.05, 4.69) is 51.6 Å². The highest BCUT2D eigenvalue weighted by Gasteiger charge is 2.27. The molecule has 1 aliphatic rings. The van der Waals surface area contributed by atoms with Gasteiger partial charge in [-0.3, -0.25) is 20.0 Å². The van der Waals surface area contributed by atoms with Crippen molar-refractivity contribution in [2.75, 3.05) is 26.2 Å². The second-order valence-electron chi connectivity index (χ2n) is 8.03. The Kier molecular flexibility index (Phi) is 10.1. The fourth-order valence-electron chi connectivity index (χ4n) is 4.02. The number of nitrogens with zero attached hydrogens (tertiary/aromatic N) is 3. The Hall–Kier alpha value is -3.02. The van der Waals surface area contributed by atoms with E-state index in [0.29, 0.717) is 13.0 Å². The molecule has 2 aromatic carbocycles. The number of pyridine rings is 1. The van der Waals surface area contributed by atoms with Crippen LogP contribution in [0.4, 0.5) is 0 Å². The fourth-order valence-corrected chi connectivity index (χ4v) is 4.02. The predicted molar refractivity (Wildman–Crippen MR) is 135 cm³/mol. The van der Waals surface area contributed by atoms with Crippen molar-refractivity contribution in [1.82, 2.24) is 20.1 Å². The van der Waals surface area contributed by atoms with Gasteiger partial charge in [0, 0.05) is 45.5 Å². The van der Waals surface area contributed by atoms with E-state index in [-0.39, 0.29) is 11.9 Å². The Labute approximate surface area is 198 Å². The van der Waals surface area contributed by atoms with Gasteiger partial charge in [0.25, 0.3) is 0 Å². The standard InChI is InChI=1S/C26H30N4O.C2H6/c31-26(30-17-15-29(16-18-30)21-23-11-5-2-6-12-23)25(19-22-9-3-1-4-10-22)28-20-24-13-7-8-14-27-24;1-2/h1-14,25,28H,15-21H2;1-2H3. The third-order valence-electron chi connectivity index (χ3n) is 5.77. The van der Waals surface area contributed by atoms with Crippen LogP contribution in [0.3, 0.4) is 0 Å². The molecule has 3 aromatic rings. The smallest absolute Gasteiger partial charge is 0.240 e. The van der Waals surface area contributed by atoms with Crippen LogP contribution in [0.5, 0.6) is 0 Å². The Morgan fingerprint density at radius 3 is 2.06 bits per heavy atom. The molecule has 5 heteroatoms. The normalized spacial score (nSPS) is 14.8. The molecule has 1 fully saturated rings. The Bertz CT molecular complexity index is 926. The van der Waals surface area contributed by atoms with E-state index in [1.165, 1.54) is 5.56 Å². The fraction of sp³-hybridized carbons (Fsp3) is 0.357. The SMILES string of the molecule is CC.O=C(C(Cc1ccccc1)NCc1ccccn1)N1CCN(Cc2ccccc2)CC1. The van der Waals surface area contributed by atoms with Gasteiger partial charge in [-0.05, 0) is 29.7 Å². The van der Waals surface area contributed by atoms with Gasteiger partial charge in [-0.1, -0.05) is 80.6 Å². The Balaban J connectivity index is 0.00000149. The summed E-state index contributed by atoms with van der Waals surface area (Å²) in [5.41, 5.74) is 3.43. The van der Waals surface area contributed by atoms with Gasteiger partial charge in [0.1, 0.15) is 0 Å². The quantitative estimate of drug-likeness (QED) is 0.567. The highest BCUT2D eigenvalue weighted by atomic mass is 16.2. The zero-order chi connectivity index (χ0) is 23.3. The van der Waals surface area contributed by atoms with E-state index >= 15 is 0 Å². The number of hydrogen-bond donors (Lipinski definition) is 1. The number of carbonyl (C=O) groups is 1. The highest BCUT2D eigenvalue weighted by molar-refractivity contribution is 5.82. The second kappa shape index (κ2) is 13.5. The summed E-state index contributed by atoms with van der Waals surface area (Å²) in [5, 5.41) is 3.47. The van der Waals surface area contributed by atoms with Crippen LogP contribution >= 0.6 is 0 Å². The molecule has 0 radical (unpaired) electrons. The molecule has 1 atom stereocenters. The number of amides is 1. The number of nitrogens with one attached hydrogen (secondary N) is 1. The molecule has 1 amide bonds. The van der Waals surface area contributed by atoms with Gasteiger partial charge in [-0.2, -0.15) is 0 Å². The molecule has 1 N–H and O–H groups in total. The van der Waals surface area contributed by atoms with E-state index in [4.69, 9.17) is 0 Å². The van der Waals surface area contributed by atoms with Gasteiger partial charge in [-0.15, -0.1) is 0 Å². The van der Waals surface area contributed by atoms with Crippen LogP contribution in [0, 0.1) is 0 Å². The number of carbonyl (C=O) groups excluding carboxylic acids is 1. The van der Waals surface area contributed by atoms with Crippen LogP contribution in [0.15, 0.2) is 85.1 Å². The van der Waals surface area contributed by atoms with E-state index in [9.17, 15) is 4.79 Å². The lowest BCUT2D eigenvalue weighted by Gasteiger charge is -2.36. The zero-order valence-electron chi connectivity index (χ0n) is 19.9. The van der Waals surface area contributed by atoms with Crippen molar-refractivity contribution in [3.05, 3.63) is 102 Å². The number of rotatable bonds is 8. The van der Waals surface area contributed by atoms with Crippen LogP contribution in [-0.2, 0) is 24.3 Å². The van der Waals surface area contributed by atoms with Crippen LogP contribution < -0.4 is 5.32 Å². The van der Waals surface area contributed by atoms with Gasteiger partial charge < -0.3 is 4.90 Å². The summed E-state index contributed by atoms with van der Waals surface area (Å²) in [5.74, 6) is 0.180. The lowest BCUT2D eigenvalue weighted by Crippen LogP contribution is -2.54. The molecule has 2 heterocycles. The summed E-state index contributed by atoms with van der Waals surface area (Å²) in [7, 11) is 0. The van der Waals surface area contributed by atoms with Crippen molar-refractivity contribution in [2.24, 2.45) is 0 Å². The molecule has 4 rings (SSSR count). The van der Waals surface area contributed by atoms with Crippen molar-refractivity contribution in [3.8, 4) is 0 Å². The molecule has 1 unspecified atom stereocenters. The molecule has 0 bridgehead atoms. The monoisotopic (exact) mass is 444 g/mol. The maximum atomic E-state index is 13.4. The topological polar surface area (TPSA) is 48.5 Å². The molecule has 0 saturated carbocycles. The molecule has 1 saturated heterocycles. The zero-order valence-corrected chi connectivity index (χ0v) is 19.9. The molecule has 5 nitrogen and oxygen atoms in total. The van der Waals surface area contributed by atoms with Crippen molar-refractivity contribution in [1.29, 1.82) is 0 Å². The maximum Gasteiger partial charge on any atom is 0.240 e. The van der Waals surface area contributed by atoms with Gasteiger partial charge >= 0.3 is 0 Å². The average Bonchev–Trinajstić information content (AvgIpc) is 2.89. The molecule has 33 heavy (non-hydrogen) atoms. The summed E-state index contributed by atoms with van der Waals surface area (Å²) < 4.78 is 0. The summed E-state index contributed by atoms with van der Waals surface area (Å²) in [6.45, 7) is 8.86.